The second kappa shape index (κ2) is 10.6. The van der Waals surface area contributed by atoms with Crippen LogP contribution in [-0.4, -0.2) is 41.9 Å². The maximum absolute atomic E-state index is 12.6. The van der Waals surface area contributed by atoms with Gasteiger partial charge in [-0.15, -0.1) is 0 Å². The summed E-state index contributed by atoms with van der Waals surface area (Å²) < 4.78 is 10.6. The fraction of sp³-hybridized carbons (Fsp3) is 0.222. The molecule has 1 aliphatic rings. The number of rotatable bonds is 7. The molecule has 0 unspecified atom stereocenters. The van der Waals surface area contributed by atoms with E-state index < -0.39 is 18.1 Å². The lowest BCUT2D eigenvalue weighted by Crippen LogP contribution is -2.42. The summed E-state index contributed by atoms with van der Waals surface area (Å²) in [6.07, 6.45) is 0.607. The molecule has 1 amide bonds. The molecule has 0 saturated carbocycles. The highest BCUT2D eigenvalue weighted by atomic mass is 16.6. The van der Waals surface area contributed by atoms with Crippen LogP contribution in [0.5, 0.6) is 0 Å². The summed E-state index contributed by atoms with van der Waals surface area (Å²) in [5.41, 5.74) is 3.39. The van der Waals surface area contributed by atoms with Crippen molar-refractivity contribution in [2.75, 3.05) is 13.2 Å². The average molecular weight is 443 g/mol. The zero-order chi connectivity index (χ0) is 23.0. The van der Waals surface area contributed by atoms with Gasteiger partial charge in [-0.1, -0.05) is 84.9 Å². The molecular formula is C27H25NO5. The van der Waals surface area contributed by atoms with Crippen LogP contribution in [0.25, 0.3) is 11.1 Å². The van der Waals surface area contributed by atoms with Gasteiger partial charge in [-0.2, -0.15) is 0 Å². The van der Waals surface area contributed by atoms with Gasteiger partial charge < -0.3 is 9.47 Å². The average Bonchev–Trinajstić information content (AvgIpc) is 3.37. The number of ketones is 1. The van der Waals surface area contributed by atoms with Gasteiger partial charge in [0.2, 0.25) is 0 Å². The summed E-state index contributed by atoms with van der Waals surface area (Å²) >= 11 is 0. The number of carbonyl (C=O) groups is 3. The Labute approximate surface area is 192 Å². The summed E-state index contributed by atoms with van der Waals surface area (Å²) in [7, 11) is 0. The van der Waals surface area contributed by atoms with Crippen LogP contribution in [0.3, 0.4) is 0 Å². The molecule has 0 radical (unpaired) electrons. The summed E-state index contributed by atoms with van der Waals surface area (Å²) in [6.45, 7) is 0.185. The molecule has 0 bridgehead atoms. The highest BCUT2D eigenvalue weighted by molar-refractivity contribution is 5.98. The van der Waals surface area contributed by atoms with Gasteiger partial charge in [0.05, 0.1) is 0 Å². The van der Waals surface area contributed by atoms with Crippen LogP contribution in [0.2, 0.25) is 0 Å². The molecule has 1 atom stereocenters. The van der Waals surface area contributed by atoms with E-state index in [1.54, 1.807) is 12.1 Å². The van der Waals surface area contributed by atoms with Crippen molar-refractivity contribution in [3.63, 3.8) is 0 Å². The van der Waals surface area contributed by atoms with E-state index in [9.17, 15) is 14.4 Å². The Bertz CT molecular complexity index is 1100. The Morgan fingerprint density at radius 2 is 1.42 bits per heavy atom. The van der Waals surface area contributed by atoms with Crippen LogP contribution >= 0.6 is 0 Å². The van der Waals surface area contributed by atoms with Gasteiger partial charge in [0.25, 0.3) is 0 Å². The third-order valence-corrected chi connectivity index (χ3v) is 5.62. The minimum absolute atomic E-state index is 0.134. The number of likely N-dealkylation sites (tertiary alicyclic amines) is 1. The minimum atomic E-state index is -0.735. The van der Waals surface area contributed by atoms with Crippen LogP contribution in [0, 0.1) is 0 Å². The maximum atomic E-state index is 12.6. The molecule has 33 heavy (non-hydrogen) atoms. The van der Waals surface area contributed by atoms with Crippen LogP contribution in [0.4, 0.5) is 4.79 Å². The molecule has 168 valence electrons. The number of hydrogen-bond acceptors (Lipinski definition) is 5. The topological polar surface area (TPSA) is 72.9 Å². The molecule has 0 aromatic heterocycles. The van der Waals surface area contributed by atoms with E-state index in [0.29, 0.717) is 24.9 Å². The van der Waals surface area contributed by atoms with E-state index in [2.05, 4.69) is 0 Å². The first-order valence-corrected chi connectivity index (χ1v) is 10.9. The fourth-order valence-corrected chi connectivity index (χ4v) is 3.83. The zero-order valence-electron chi connectivity index (χ0n) is 18.2. The van der Waals surface area contributed by atoms with Crippen molar-refractivity contribution in [1.82, 2.24) is 4.90 Å². The Hall–Kier alpha value is -3.93. The number of ether oxygens (including phenoxy) is 2. The summed E-state index contributed by atoms with van der Waals surface area (Å²) in [4.78, 5) is 38.9. The van der Waals surface area contributed by atoms with Crippen molar-refractivity contribution in [1.29, 1.82) is 0 Å². The smallest absolute Gasteiger partial charge is 0.410 e. The largest absolute Gasteiger partial charge is 0.456 e. The van der Waals surface area contributed by atoms with Crippen LogP contribution in [0.15, 0.2) is 84.9 Å². The lowest BCUT2D eigenvalue weighted by atomic mass is 10.0. The standard InChI is InChI=1S/C27H25NO5/c29-25(23-15-13-22(14-16-23)21-10-5-2-6-11-21)19-32-26(30)24-12-7-17-28(24)27(31)33-18-20-8-3-1-4-9-20/h1-6,8-11,13-16,24H,7,12,17-19H2/t24-/m1/s1. The zero-order valence-corrected chi connectivity index (χ0v) is 18.2. The number of esters is 1. The van der Waals surface area contributed by atoms with Crippen molar-refractivity contribution < 1.29 is 23.9 Å². The molecule has 1 heterocycles. The van der Waals surface area contributed by atoms with E-state index in [1.807, 2.05) is 72.8 Å². The molecule has 1 aliphatic heterocycles. The first kappa shape index (κ1) is 22.3. The number of carbonyl (C=O) groups excluding carboxylic acids is 3. The predicted octanol–water partition coefficient (Wildman–Crippen LogP) is 4.88. The van der Waals surface area contributed by atoms with Crippen molar-refractivity contribution in [2.45, 2.75) is 25.5 Å². The first-order chi connectivity index (χ1) is 16.1. The lowest BCUT2D eigenvalue weighted by molar-refractivity contribution is -0.147. The summed E-state index contributed by atoms with van der Waals surface area (Å²) in [6, 6.07) is 25.6. The van der Waals surface area contributed by atoms with Crippen LogP contribution in [-0.2, 0) is 20.9 Å². The van der Waals surface area contributed by atoms with E-state index in [1.165, 1.54) is 4.90 Å². The summed E-state index contributed by atoms with van der Waals surface area (Å²) in [5, 5.41) is 0. The molecule has 4 rings (SSSR count). The lowest BCUT2D eigenvalue weighted by Gasteiger charge is -2.22. The third kappa shape index (κ3) is 5.66. The molecule has 3 aromatic rings. The molecule has 6 heteroatoms. The molecule has 0 N–H and O–H groups in total. The van der Waals surface area contributed by atoms with E-state index in [-0.39, 0.29) is 19.0 Å². The Morgan fingerprint density at radius 1 is 0.788 bits per heavy atom. The molecule has 0 aliphatic carbocycles. The van der Waals surface area contributed by atoms with Crippen LogP contribution in [0.1, 0.15) is 28.8 Å². The second-order valence-electron chi connectivity index (χ2n) is 7.87. The SMILES string of the molecule is O=C(COC(=O)[C@H]1CCCN1C(=O)OCc1ccccc1)c1ccc(-c2ccccc2)cc1. The van der Waals surface area contributed by atoms with Crippen molar-refractivity contribution >= 4 is 17.8 Å². The van der Waals surface area contributed by atoms with Gasteiger partial charge in [0, 0.05) is 12.1 Å². The van der Waals surface area contributed by atoms with Crippen LogP contribution < -0.4 is 0 Å². The summed E-state index contributed by atoms with van der Waals surface area (Å²) in [5.74, 6) is -0.877. The Balaban J connectivity index is 1.29. The molecule has 6 nitrogen and oxygen atoms in total. The highest BCUT2D eigenvalue weighted by Crippen LogP contribution is 2.21. The maximum Gasteiger partial charge on any atom is 0.410 e. The van der Waals surface area contributed by atoms with Crippen molar-refractivity contribution in [2.24, 2.45) is 0 Å². The van der Waals surface area contributed by atoms with Gasteiger partial charge in [0.1, 0.15) is 12.6 Å². The number of hydrogen-bond donors (Lipinski definition) is 0. The van der Waals surface area contributed by atoms with Gasteiger partial charge in [-0.05, 0) is 29.5 Å². The Kier molecular flexibility index (Phi) is 7.15. The van der Waals surface area contributed by atoms with Crippen molar-refractivity contribution in [3.8, 4) is 11.1 Å². The quantitative estimate of drug-likeness (QED) is 0.384. The molecule has 1 saturated heterocycles. The molecule has 0 spiro atoms. The minimum Gasteiger partial charge on any atom is -0.456 e. The van der Waals surface area contributed by atoms with Gasteiger partial charge in [-0.25, -0.2) is 9.59 Å². The van der Waals surface area contributed by atoms with E-state index in [4.69, 9.17) is 9.47 Å². The second-order valence-corrected chi connectivity index (χ2v) is 7.87. The van der Waals surface area contributed by atoms with E-state index >= 15 is 0 Å². The molecule has 3 aromatic carbocycles. The number of nitrogens with zero attached hydrogens (tertiary/aromatic N) is 1. The van der Waals surface area contributed by atoms with Gasteiger partial charge >= 0.3 is 12.1 Å². The van der Waals surface area contributed by atoms with E-state index in [0.717, 1.165) is 16.7 Å². The number of benzene rings is 3. The van der Waals surface area contributed by atoms with Gasteiger partial charge in [0.15, 0.2) is 12.4 Å². The first-order valence-electron chi connectivity index (χ1n) is 10.9. The normalized spacial score (nSPS) is 15.2. The monoisotopic (exact) mass is 443 g/mol. The number of amides is 1. The predicted molar refractivity (Wildman–Crippen MR) is 124 cm³/mol. The highest BCUT2D eigenvalue weighted by Gasteiger charge is 2.36. The number of Topliss-reactive ketones (excluding diaryl/α,β-unsaturated/α-hetero) is 1. The molecular weight excluding hydrogens is 418 g/mol. The molecule has 1 fully saturated rings. The Morgan fingerprint density at radius 3 is 2.12 bits per heavy atom. The third-order valence-electron chi connectivity index (χ3n) is 5.62. The van der Waals surface area contributed by atoms with Gasteiger partial charge in [-0.3, -0.25) is 9.69 Å². The fourth-order valence-electron chi connectivity index (χ4n) is 3.83. The van der Waals surface area contributed by atoms with Crippen molar-refractivity contribution in [3.05, 3.63) is 96.1 Å².